The summed E-state index contributed by atoms with van der Waals surface area (Å²) in [5.41, 5.74) is 0.0586. The number of aliphatic imine (C=N–C) groups is 1. The van der Waals surface area contributed by atoms with E-state index < -0.39 is 5.97 Å². The number of nitrogens with one attached hydrogen (secondary N) is 2. The predicted octanol–water partition coefficient (Wildman–Crippen LogP) is -0.661. The number of amides is 2. The number of hydrogen-bond acceptors (Lipinski definition) is 7. The molecule has 3 aliphatic heterocycles. The molecule has 2 amide bonds. The standard InChI is InChI=1S/C16H22N4O5S/c1-7-11-10(3-4-21)14(23)20(11)12(15(24)25)13(7)26-9-5-17-16(18-6-9)19-8(2)22/h7,9-11,21H,3-6H2,1-2H3,(H,24,25)(H2,17,18,19,22)/t7-,10+,11-/m1/s1. The van der Waals surface area contributed by atoms with Crippen LogP contribution in [0, 0.1) is 11.8 Å². The lowest BCUT2D eigenvalue weighted by molar-refractivity contribution is -0.157. The molecule has 9 nitrogen and oxygen atoms in total. The summed E-state index contributed by atoms with van der Waals surface area (Å²) in [5.74, 6) is -1.54. The Morgan fingerprint density at radius 3 is 2.73 bits per heavy atom. The number of carbonyl (C=O) groups is 3. The van der Waals surface area contributed by atoms with Crippen LogP contribution in [0.2, 0.25) is 0 Å². The van der Waals surface area contributed by atoms with Gasteiger partial charge in [0.05, 0.1) is 18.5 Å². The van der Waals surface area contributed by atoms with Gasteiger partial charge < -0.3 is 20.4 Å². The molecule has 10 heteroatoms. The van der Waals surface area contributed by atoms with Crippen molar-refractivity contribution in [1.82, 2.24) is 15.5 Å². The fourth-order valence-corrected chi connectivity index (χ4v) is 5.05. The molecular weight excluding hydrogens is 360 g/mol. The molecule has 0 aromatic heterocycles. The third-order valence-corrected chi connectivity index (χ3v) is 6.31. The minimum absolute atomic E-state index is 0.00408. The van der Waals surface area contributed by atoms with Crippen LogP contribution in [0.25, 0.3) is 0 Å². The molecule has 26 heavy (non-hydrogen) atoms. The Morgan fingerprint density at radius 2 is 2.19 bits per heavy atom. The molecule has 0 spiro atoms. The van der Waals surface area contributed by atoms with Crippen molar-refractivity contribution in [2.45, 2.75) is 31.6 Å². The second-order valence-electron chi connectivity index (χ2n) is 6.62. The van der Waals surface area contributed by atoms with Gasteiger partial charge in [0, 0.05) is 36.1 Å². The number of hydrogen-bond donors (Lipinski definition) is 4. The Labute approximate surface area is 154 Å². The van der Waals surface area contributed by atoms with Crippen LogP contribution in [0.4, 0.5) is 0 Å². The van der Waals surface area contributed by atoms with Crippen LogP contribution in [0.5, 0.6) is 0 Å². The van der Waals surface area contributed by atoms with Gasteiger partial charge in [-0.1, -0.05) is 6.92 Å². The molecule has 0 aliphatic carbocycles. The first-order chi connectivity index (χ1) is 12.3. The second-order valence-corrected chi connectivity index (χ2v) is 7.96. The molecule has 0 radical (unpaired) electrons. The zero-order valence-electron chi connectivity index (χ0n) is 14.6. The zero-order valence-corrected chi connectivity index (χ0v) is 15.4. The van der Waals surface area contributed by atoms with E-state index in [-0.39, 0.29) is 47.2 Å². The Bertz CT molecular complexity index is 707. The van der Waals surface area contributed by atoms with Gasteiger partial charge in [-0.2, -0.15) is 0 Å². The monoisotopic (exact) mass is 382 g/mol. The van der Waals surface area contributed by atoms with E-state index in [1.807, 2.05) is 6.92 Å². The number of nitrogens with zero attached hydrogens (tertiary/aromatic N) is 2. The summed E-state index contributed by atoms with van der Waals surface area (Å²) in [6.45, 7) is 4.21. The summed E-state index contributed by atoms with van der Waals surface area (Å²) in [7, 11) is 0. The number of β-lactam (4-membered cyclic amide) rings is 1. The quantitative estimate of drug-likeness (QED) is 0.464. The van der Waals surface area contributed by atoms with Gasteiger partial charge in [0.25, 0.3) is 0 Å². The van der Waals surface area contributed by atoms with E-state index in [0.717, 1.165) is 0 Å². The molecule has 142 valence electrons. The number of carbonyl (C=O) groups excluding carboxylic acids is 2. The zero-order chi connectivity index (χ0) is 19.0. The van der Waals surface area contributed by atoms with E-state index in [2.05, 4.69) is 15.6 Å². The number of carboxylic acid groups (broad SMARTS) is 1. The number of aliphatic carboxylic acids is 1. The van der Waals surface area contributed by atoms with E-state index in [9.17, 15) is 19.5 Å². The number of aliphatic hydroxyl groups is 1. The second kappa shape index (κ2) is 7.28. The summed E-state index contributed by atoms with van der Waals surface area (Å²) in [5, 5.41) is 24.4. The molecule has 1 saturated heterocycles. The van der Waals surface area contributed by atoms with E-state index >= 15 is 0 Å². The van der Waals surface area contributed by atoms with Crippen LogP contribution in [0.15, 0.2) is 15.6 Å². The number of carboxylic acids is 1. The van der Waals surface area contributed by atoms with Crippen LogP contribution in [0.3, 0.4) is 0 Å². The molecule has 1 unspecified atom stereocenters. The smallest absolute Gasteiger partial charge is 0.353 e. The number of aliphatic hydroxyl groups excluding tert-OH is 1. The lowest BCUT2D eigenvalue weighted by atomic mass is 9.80. The minimum Gasteiger partial charge on any atom is -0.477 e. The highest BCUT2D eigenvalue weighted by molar-refractivity contribution is 8.03. The molecule has 0 bridgehead atoms. The van der Waals surface area contributed by atoms with Crippen LogP contribution in [0.1, 0.15) is 20.3 Å². The third kappa shape index (κ3) is 3.18. The van der Waals surface area contributed by atoms with Crippen molar-refractivity contribution in [3.8, 4) is 0 Å². The molecule has 4 N–H and O–H groups in total. The van der Waals surface area contributed by atoms with Crippen molar-refractivity contribution in [2.75, 3.05) is 19.7 Å². The lowest BCUT2D eigenvalue weighted by Gasteiger charge is -2.45. The summed E-state index contributed by atoms with van der Waals surface area (Å²) in [6, 6.07) is -0.196. The average Bonchev–Trinajstić information content (AvgIpc) is 2.84. The fraction of sp³-hybridized carbons (Fsp3) is 0.625. The van der Waals surface area contributed by atoms with Crippen molar-refractivity contribution in [1.29, 1.82) is 0 Å². The van der Waals surface area contributed by atoms with E-state index in [1.54, 1.807) is 0 Å². The molecular formula is C16H22N4O5S. The van der Waals surface area contributed by atoms with Crippen molar-refractivity contribution >= 4 is 35.5 Å². The van der Waals surface area contributed by atoms with Crippen molar-refractivity contribution in [3.05, 3.63) is 10.6 Å². The molecule has 3 aliphatic rings. The first kappa shape index (κ1) is 18.7. The molecule has 0 saturated carbocycles. The number of thioether (sulfide) groups is 1. The Hall–Kier alpha value is -2.07. The van der Waals surface area contributed by atoms with Crippen molar-refractivity contribution in [2.24, 2.45) is 16.8 Å². The molecule has 1 fully saturated rings. The van der Waals surface area contributed by atoms with Crippen LogP contribution >= 0.6 is 11.8 Å². The molecule has 0 aromatic carbocycles. The largest absolute Gasteiger partial charge is 0.477 e. The van der Waals surface area contributed by atoms with Crippen molar-refractivity contribution < 1.29 is 24.6 Å². The van der Waals surface area contributed by atoms with Crippen molar-refractivity contribution in [3.63, 3.8) is 0 Å². The van der Waals surface area contributed by atoms with E-state index in [4.69, 9.17) is 5.11 Å². The highest BCUT2D eigenvalue weighted by Gasteiger charge is 2.58. The van der Waals surface area contributed by atoms with E-state index in [1.165, 1.54) is 23.6 Å². The Morgan fingerprint density at radius 1 is 1.46 bits per heavy atom. The summed E-state index contributed by atoms with van der Waals surface area (Å²) in [6.07, 6.45) is 0.352. The maximum atomic E-state index is 12.3. The first-order valence-corrected chi connectivity index (χ1v) is 9.37. The maximum absolute atomic E-state index is 12.3. The topological polar surface area (TPSA) is 131 Å². The normalized spacial score (nSPS) is 30.3. The molecule has 0 aromatic rings. The Kier molecular flexibility index (Phi) is 5.24. The highest BCUT2D eigenvalue weighted by atomic mass is 32.2. The van der Waals surface area contributed by atoms with Crippen LogP contribution in [-0.2, 0) is 14.4 Å². The summed E-state index contributed by atoms with van der Waals surface area (Å²) < 4.78 is 0. The van der Waals surface area contributed by atoms with E-state index in [0.29, 0.717) is 30.4 Å². The van der Waals surface area contributed by atoms with Gasteiger partial charge >= 0.3 is 5.97 Å². The van der Waals surface area contributed by atoms with Gasteiger partial charge in [0.2, 0.25) is 11.8 Å². The predicted molar refractivity (Wildman–Crippen MR) is 95.2 cm³/mol. The average molecular weight is 382 g/mol. The fourth-order valence-electron chi connectivity index (χ4n) is 3.73. The maximum Gasteiger partial charge on any atom is 0.353 e. The Balaban J connectivity index is 1.75. The lowest BCUT2D eigenvalue weighted by Crippen LogP contribution is -2.60. The SMILES string of the molecule is CC(=O)NC1=NCC(SC2=C(C(=O)O)N3C(=O)[C@@H](CCO)[C@H]3[C@H]2C)CN1. The van der Waals surface area contributed by atoms with Crippen LogP contribution in [-0.4, -0.2) is 69.8 Å². The van der Waals surface area contributed by atoms with Gasteiger partial charge in [-0.3, -0.25) is 19.9 Å². The summed E-state index contributed by atoms with van der Waals surface area (Å²) >= 11 is 1.42. The number of guanidine groups is 1. The molecule has 3 rings (SSSR count). The van der Waals surface area contributed by atoms with Gasteiger partial charge in [-0.15, -0.1) is 11.8 Å². The number of fused-ring (bicyclic) bond motifs is 1. The molecule has 4 atom stereocenters. The number of rotatable bonds is 5. The molecule has 3 heterocycles. The summed E-state index contributed by atoms with van der Waals surface area (Å²) in [4.78, 5) is 41.5. The van der Waals surface area contributed by atoms with Gasteiger partial charge in [0.1, 0.15) is 5.70 Å². The minimum atomic E-state index is -1.11. The van der Waals surface area contributed by atoms with Gasteiger partial charge in [-0.05, 0) is 6.42 Å². The highest BCUT2D eigenvalue weighted by Crippen LogP contribution is 2.51. The third-order valence-electron chi connectivity index (χ3n) is 4.85. The van der Waals surface area contributed by atoms with Crippen LogP contribution < -0.4 is 10.6 Å². The van der Waals surface area contributed by atoms with Gasteiger partial charge in [-0.25, -0.2) is 4.79 Å². The van der Waals surface area contributed by atoms with Gasteiger partial charge in [0.15, 0.2) is 5.96 Å². The first-order valence-electron chi connectivity index (χ1n) is 8.49.